The minimum Gasteiger partial charge on any atom is -0.497 e. The Labute approximate surface area is 151 Å². The minimum atomic E-state index is -1.43. The molecule has 1 saturated carbocycles. The Balaban J connectivity index is 2.02. The topological polar surface area (TPSA) is 88.1 Å². The van der Waals surface area contributed by atoms with Crippen LogP contribution in [0.25, 0.3) is 0 Å². The van der Waals surface area contributed by atoms with Crippen molar-refractivity contribution in [1.29, 1.82) is 0 Å². The molecular weight excluding hydrogens is 340 g/mol. The van der Waals surface area contributed by atoms with Crippen molar-refractivity contribution in [3.8, 4) is 5.75 Å². The Kier molecular flexibility index (Phi) is 6.38. The molecule has 0 aromatic heterocycles. The molecule has 0 spiro atoms. The fourth-order valence-electron chi connectivity index (χ4n) is 2.60. The van der Waals surface area contributed by atoms with Crippen LogP contribution in [0.2, 0.25) is 0 Å². The van der Waals surface area contributed by atoms with Gasteiger partial charge in [0.1, 0.15) is 19.0 Å². The van der Waals surface area contributed by atoms with Crippen LogP contribution < -0.4 is 4.74 Å². The molecule has 7 heteroatoms. The van der Waals surface area contributed by atoms with E-state index < -0.39 is 29.2 Å². The molecule has 2 atom stereocenters. The van der Waals surface area contributed by atoms with Crippen molar-refractivity contribution < 1.29 is 33.3 Å². The summed E-state index contributed by atoms with van der Waals surface area (Å²) >= 11 is 0. The van der Waals surface area contributed by atoms with Crippen LogP contribution in [-0.2, 0) is 35.2 Å². The van der Waals surface area contributed by atoms with Gasteiger partial charge in [-0.25, -0.2) is 0 Å². The van der Waals surface area contributed by atoms with Crippen molar-refractivity contribution in [2.75, 3.05) is 20.3 Å². The highest BCUT2D eigenvalue weighted by Crippen LogP contribution is 2.54. The van der Waals surface area contributed by atoms with Crippen LogP contribution in [0.4, 0.5) is 0 Å². The molecule has 1 aromatic rings. The van der Waals surface area contributed by atoms with E-state index in [1.54, 1.807) is 31.4 Å². The molecule has 0 bridgehead atoms. The fourth-order valence-corrected chi connectivity index (χ4v) is 2.60. The number of carbonyl (C=O) groups is 3. The van der Waals surface area contributed by atoms with E-state index in [-0.39, 0.29) is 26.2 Å². The van der Waals surface area contributed by atoms with Gasteiger partial charge in [-0.3, -0.25) is 14.4 Å². The first-order valence-electron chi connectivity index (χ1n) is 8.15. The smallest absolute Gasteiger partial charge is 0.324 e. The molecule has 0 aliphatic heterocycles. The normalized spacial score (nSPS) is 20.6. The summed E-state index contributed by atoms with van der Waals surface area (Å²) in [6, 6.07) is 7.02. The number of benzene rings is 1. The number of rotatable bonds is 9. The fraction of sp³-hybridized carbons (Fsp3) is 0.421. The zero-order chi connectivity index (χ0) is 19.2. The van der Waals surface area contributed by atoms with E-state index in [9.17, 15) is 14.4 Å². The van der Waals surface area contributed by atoms with Gasteiger partial charge in [0.15, 0.2) is 5.41 Å². The predicted octanol–water partition coefficient (Wildman–Crippen LogP) is 2.04. The number of hydrogen-bond acceptors (Lipinski definition) is 7. The zero-order valence-electron chi connectivity index (χ0n) is 14.9. The SMILES string of the molecule is C=CCOC(=O)[C@]1(C(=O)OCc2ccc(OC)cc2)C[C@H]1COC(C)=O. The molecule has 7 nitrogen and oxygen atoms in total. The van der Waals surface area contributed by atoms with Gasteiger partial charge in [0.2, 0.25) is 0 Å². The van der Waals surface area contributed by atoms with Crippen molar-refractivity contribution in [3.63, 3.8) is 0 Å². The number of carbonyl (C=O) groups excluding carboxylic acids is 3. The molecule has 0 radical (unpaired) electrons. The summed E-state index contributed by atoms with van der Waals surface area (Å²) in [6.45, 7) is 4.72. The summed E-state index contributed by atoms with van der Waals surface area (Å²) in [5.74, 6) is -1.61. The van der Waals surface area contributed by atoms with Crippen molar-refractivity contribution in [2.45, 2.75) is 20.0 Å². The third-order valence-electron chi connectivity index (χ3n) is 4.18. The third-order valence-corrected chi connectivity index (χ3v) is 4.18. The molecule has 0 amide bonds. The van der Waals surface area contributed by atoms with E-state index in [2.05, 4.69) is 6.58 Å². The van der Waals surface area contributed by atoms with E-state index >= 15 is 0 Å². The van der Waals surface area contributed by atoms with Crippen LogP contribution in [0.3, 0.4) is 0 Å². The first-order valence-corrected chi connectivity index (χ1v) is 8.15. The van der Waals surface area contributed by atoms with Crippen molar-refractivity contribution >= 4 is 17.9 Å². The quantitative estimate of drug-likeness (QED) is 0.287. The summed E-state index contributed by atoms with van der Waals surface area (Å²) < 4.78 is 20.4. The number of ether oxygens (including phenoxy) is 4. The Bertz CT molecular complexity index is 680. The standard InChI is InChI=1S/C19H22O7/c1-4-9-24-17(21)19(10-15(19)12-25-13(2)20)18(22)26-11-14-5-7-16(23-3)8-6-14/h4-8,15H,1,9-12H2,2-3H3/t15-,19-/m0/s1. The van der Waals surface area contributed by atoms with E-state index in [4.69, 9.17) is 18.9 Å². The van der Waals surface area contributed by atoms with Crippen molar-refractivity contribution in [3.05, 3.63) is 42.5 Å². The van der Waals surface area contributed by atoms with Crippen LogP contribution in [0, 0.1) is 11.3 Å². The lowest BCUT2D eigenvalue weighted by Crippen LogP contribution is -2.33. The van der Waals surface area contributed by atoms with Gasteiger partial charge in [0.05, 0.1) is 13.7 Å². The van der Waals surface area contributed by atoms with Crippen LogP contribution in [0.15, 0.2) is 36.9 Å². The second-order valence-electron chi connectivity index (χ2n) is 5.99. The molecule has 0 unspecified atom stereocenters. The van der Waals surface area contributed by atoms with E-state index in [1.807, 2.05) is 0 Å². The van der Waals surface area contributed by atoms with Crippen LogP contribution in [0.1, 0.15) is 18.9 Å². The summed E-state index contributed by atoms with van der Waals surface area (Å²) in [5, 5.41) is 0. The molecule has 1 aliphatic carbocycles. The second kappa shape index (κ2) is 8.51. The van der Waals surface area contributed by atoms with Gasteiger partial charge < -0.3 is 18.9 Å². The van der Waals surface area contributed by atoms with Crippen molar-refractivity contribution in [1.82, 2.24) is 0 Å². The molecule has 1 aliphatic rings. The summed E-state index contributed by atoms with van der Waals surface area (Å²) in [7, 11) is 1.56. The van der Waals surface area contributed by atoms with Crippen LogP contribution in [0.5, 0.6) is 5.75 Å². The zero-order valence-corrected chi connectivity index (χ0v) is 14.9. The maximum absolute atomic E-state index is 12.6. The number of methoxy groups -OCH3 is 1. The largest absolute Gasteiger partial charge is 0.497 e. The number of esters is 3. The van der Waals surface area contributed by atoms with Crippen molar-refractivity contribution in [2.24, 2.45) is 11.3 Å². The molecule has 26 heavy (non-hydrogen) atoms. The maximum atomic E-state index is 12.6. The van der Waals surface area contributed by atoms with E-state index in [1.165, 1.54) is 13.0 Å². The van der Waals surface area contributed by atoms with Gasteiger partial charge in [-0.15, -0.1) is 0 Å². The predicted molar refractivity (Wildman–Crippen MR) is 91.1 cm³/mol. The molecule has 0 N–H and O–H groups in total. The molecule has 1 aromatic carbocycles. The Hall–Kier alpha value is -2.83. The molecule has 140 valence electrons. The maximum Gasteiger partial charge on any atom is 0.324 e. The molecule has 0 heterocycles. The molecule has 2 rings (SSSR count). The Morgan fingerprint density at radius 1 is 1.15 bits per heavy atom. The van der Waals surface area contributed by atoms with Gasteiger partial charge in [-0.05, 0) is 24.1 Å². The second-order valence-corrected chi connectivity index (χ2v) is 5.99. The average Bonchev–Trinajstić information content (AvgIpc) is 3.38. The van der Waals surface area contributed by atoms with Gasteiger partial charge in [0.25, 0.3) is 0 Å². The van der Waals surface area contributed by atoms with Crippen LogP contribution in [-0.4, -0.2) is 38.2 Å². The Morgan fingerprint density at radius 3 is 2.38 bits per heavy atom. The van der Waals surface area contributed by atoms with Gasteiger partial charge >= 0.3 is 17.9 Å². The van der Waals surface area contributed by atoms with Gasteiger partial charge in [-0.1, -0.05) is 24.8 Å². The first-order chi connectivity index (χ1) is 12.4. The van der Waals surface area contributed by atoms with E-state index in [0.717, 1.165) is 5.56 Å². The third kappa shape index (κ3) is 4.41. The molecule has 1 fully saturated rings. The summed E-state index contributed by atoms with van der Waals surface area (Å²) in [4.78, 5) is 35.9. The highest BCUT2D eigenvalue weighted by Gasteiger charge is 2.68. The van der Waals surface area contributed by atoms with Crippen LogP contribution >= 0.6 is 0 Å². The van der Waals surface area contributed by atoms with Gasteiger partial charge in [0, 0.05) is 12.8 Å². The Morgan fingerprint density at radius 2 is 1.81 bits per heavy atom. The minimum absolute atomic E-state index is 0.00731. The molecular formula is C19H22O7. The highest BCUT2D eigenvalue weighted by molar-refractivity contribution is 6.04. The van der Waals surface area contributed by atoms with Gasteiger partial charge in [-0.2, -0.15) is 0 Å². The van der Waals surface area contributed by atoms with E-state index in [0.29, 0.717) is 5.75 Å². The number of hydrogen-bond donors (Lipinski definition) is 0. The lowest BCUT2D eigenvalue weighted by Gasteiger charge is -2.15. The summed E-state index contributed by atoms with van der Waals surface area (Å²) in [5.41, 5.74) is -0.670. The lowest BCUT2D eigenvalue weighted by molar-refractivity contribution is -0.167. The highest BCUT2D eigenvalue weighted by atomic mass is 16.6. The average molecular weight is 362 g/mol. The lowest BCUT2D eigenvalue weighted by atomic mass is 10.0. The molecule has 0 saturated heterocycles. The monoisotopic (exact) mass is 362 g/mol. The summed E-state index contributed by atoms with van der Waals surface area (Å²) in [6.07, 6.45) is 1.63. The first kappa shape index (κ1) is 19.5.